The Hall–Kier alpha value is -1.55. The van der Waals surface area contributed by atoms with E-state index in [0.717, 1.165) is 17.7 Å². The number of carbonyl (C=O) groups excluding carboxylic acids is 1. The molecule has 2 aliphatic heterocycles. The number of ketones is 1. The fourth-order valence-electron chi connectivity index (χ4n) is 5.17. The van der Waals surface area contributed by atoms with Gasteiger partial charge in [0, 0.05) is 26.1 Å². The number of benzene rings is 1. The summed E-state index contributed by atoms with van der Waals surface area (Å²) in [6.45, 7) is 0.800. The number of likely N-dealkylation sites (N-methyl/N-ethyl adjacent to an activating group) is 1. The van der Waals surface area contributed by atoms with Crippen molar-refractivity contribution in [2.75, 3.05) is 20.7 Å². The van der Waals surface area contributed by atoms with Gasteiger partial charge in [0.05, 0.1) is 9.85 Å². The molecule has 1 saturated heterocycles. The van der Waals surface area contributed by atoms with Crippen LogP contribution in [0.1, 0.15) is 35.8 Å². The van der Waals surface area contributed by atoms with Gasteiger partial charge in [-0.2, -0.15) is 0 Å². The Morgan fingerprint density at radius 2 is 2.41 bits per heavy atom. The average Bonchev–Trinajstić information content (AvgIpc) is 2.92. The molecule has 0 radical (unpaired) electrons. The van der Waals surface area contributed by atoms with E-state index in [4.69, 9.17) is 15.0 Å². The molecule has 5 rings (SSSR count). The summed E-state index contributed by atoms with van der Waals surface area (Å²) >= 11 is 0. The lowest BCUT2D eigenvalue weighted by Gasteiger charge is -2.57. The Morgan fingerprint density at radius 3 is 3.23 bits per heavy atom. The fourth-order valence-corrected chi connectivity index (χ4v) is 5.17. The zero-order valence-electron chi connectivity index (χ0n) is 16.7. The molecule has 0 N–H and O–H groups in total. The minimum absolute atomic E-state index is 0.0223. The van der Waals surface area contributed by atoms with Crippen molar-refractivity contribution in [1.29, 1.82) is 0 Å². The van der Waals surface area contributed by atoms with E-state index in [-0.39, 0.29) is 36.2 Å². The fraction of sp³-hybridized carbons (Fsp3) is 0.611. The number of Topliss-reactive ketones (excluding diaryl/α,β-unsaturated/α-hetero) is 1. The maximum atomic E-state index is 13.0. The highest BCUT2D eigenvalue weighted by atomic mass is 16.5. The van der Waals surface area contributed by atoms with E-state index in [1.165, 1.54) is 7.11 Å². The second-order valence-electron chi connectivity index (χ2n) is 6.86. The Morgan fingerprint density at radius 1 is 1.55 bits per heavy atom. The van der Waals surface area contributed by atoms with Crippen LogP contribution in [0, 0.1) is 5.92 Å². The third-order valence-electron chi connectivity index (χ3n) is 6.15. The number of nitrogens with zero attached hydrogens (tertiary/aromatic N) is 1. The first-order chi connectivity index (χ1) is 12.2. The van der Waals surface area contributed by atoms with E-state index in [2.05, 4.69) is 4.90 Å². The summed E-state index contributed by atoms with van der Waals surface area (Å²) in [5.74, 6) is 0.0316. The van der Waals surface area contributed by atoms with Gasteiger partial charge in [-0.25, -0.2) is 0 Å². The summed E-state index contributed by atoms with van der Waals surface area (Å²) in [5, 5.41) is 0. The molecule has 22 heavy (non-hydrogen) atoms. The van der Waals surface area contributed by atoms with Crippen LogP contribution >= 0.6 is 0 Å². The van der Waals surface area contributed by atoms with Gasteiger partial charge in [0.25, 0.3) is 0 Å². The van der Waals surface area contributed by atoms with Crippen molar-refractivity contribution in [3.63, 3.8) is 0 Å². The highest BCUT2D eigenvalue weighted by Crippen LogP contribution is 2.62. The van der Waals surface area contributed by atoms with Gasteiger partial charge in [0.15, 0.2) is 23.4 Å². The molecule has 2 fully saturated rings. The third-order valence-corrected chi connectivity index (χ3v) is 6.15. The smallest absolute Gasteiger partial charge is 0.174 e. The van der Waals surface area contributed by atoms with Crippen LogP contribution in [-0.4, -0.2) is 43.5 Å². The number of hydrogen-bond acceptors (Lipinski definition) is 4. The highest BCUT2D eigenvalue weighted by Gasteiger charge is 2.65. The number of ether oxygens (including phenoxy) is 2. The van der Waals surface area contributed by atoms with E-state index in [1.54, 1.807) is 0 Å². The standard InChI is InChI=1S/C18H21NO3/c1-19-8-7-18-11-4-5-13(20)17(18)22-16-14(21-2)6-3-10(15(16)18)9-12(11)19/h3,6,11-12,17H,4-5,7-9H2,1-2H3/t11-,12+,17?,18-/m0/s1/i3D,5D2,6D. The number of hydrogen-bond donors (Lipinski definition) is 0. The quantitative estimate of drug-likeness (QED) is 0.795. The van der Waals surface area contributed by atoms with Crippen molar-refractivity contribution in [2.24, 2.45) is 5.92 Å². The van der Waals surface area contributed by atoms with Crippen molar-refractivity contribution in [2.45, 2.75) is 43.2 Å². The van der Waals surface area contributed by atoms with Crippen molar-refractivity contribution in [1.82, 2.24) is 4.90 Å². The third kappa shape index (κ3) is 1.27. The largest absolute Gasteiger partial charge is 0.493 e. The summed E-state index contributed by atoms with van der Waals surface area (Å²) in [6.07, 6.45) is -1.36. The monoisotopic (exact) mass is 303 g/mol. The molecule has 4 nitrogen and oxygen atoms in total. The lowest BCUT2D eigenvalue weighted by Crippen LogP contribution is -2.65. The van der Waals surface area contributed by atoms with Crippen LogP contribution in [0.25, 0.3) is 0 Å². The first-order valence-corrected chi connectivity index (χ1v) is 7.85. The summed E-state index contributed by atoms with van der Waals surface area (Å²) in [4.78, 5) is 15.2. The second kappa shape index (κ2) is 4.05. The molecule has 1 aromatic rings. The Balaban J connectivity index is 1.86. The topological polar surface area (TPSA) is 38.8 Å². The first kappa shape index (κ1) is 9.56. The van der Waals surface area contributed by atoms with Crippen LogP contribution in [-0.2, 0) is 16.6 Å². The molecule has 0 amide bonds. The van der Waals surface area contributed by atoms with Crippen LogP contribution < -0.4 is 9.47 Å². The highest BCUT2D eigenvalue weighted by molar-refractivity contribution is 5.89. The van der Waals surface area contributed by atoms with Gasteiger partial charge in [-0.05, 0) is 50.4 Å². The van der Waals surface area contributed by atoms with Gasteiger partial charge in [-0.3, -0.25) is 4.79 Å². The maximum absolute atomic E-state index is 13.0. The normalized spacial score (nSPS) is 43.4. The molecule has 4 aliphatic rings. The maximum Gasteiger partial charge on any atom is 0.174 e. The molecule has 1 aromatic carbocycles. The van der Waals surface area contributed by atoms with Crippen LogP contribution in [0.4, 0.5) is 0 Å². The second-order valence-corrected chi connectivity index (χ2v) is 6.86. The van der Waals surface area contributed by atoms with E-state index in [0.29, 0.717) is 18.6 Å². The van der Waals surface area contributed by atoms with Gasteiger partial charge in [-0.1, -0.05) is 6.04 Å². The SMILES string of the molecule is [2H]c1c([2H])c(OC)c2c3c1C[C@@H]1[C@@H]4CC([2H])([2H])C(=O)C(O2)[C@]34CCN1C. The number of piperidine rings is 1. The van der Waals surface area contributed by atoms with E-state index in [1.807, 2.05) is 7.05 Å². The van der Waals surface area contributed by atoms with Gasteiger partial charge >= 0.3 is 0 Å². The molecular formula is C18H21NO3. The van der Waals surface area contributed by atoms with Crippen molar-refractivity contribution in [3.05, 3.63) is 23.2 Å². The predicted molar refractivity (Wildman–Crippen MR) is 81.6 cm³/mol. The molecule has 0 aromatic heterocycles. The van der Waals surface area contributed by atoms with Crippen LogP contribution in [0.5, 0.6) is 11.5 Å². The number of methoxy groups -OCH3 is 1. The van der Waals surface area contributed by atoms with Crippen molar-refractivity contribution >= 4 is 5.78 Å². The summed E-state index contributed by atoms with van der Waals surface area (Å²) < 4.78 is 44.8. The van der Waals surface area contributed by atoms with Crippen LogP contribution in [0.15, 0.2) is 12.1 Å². The van der Waals surface area contributed by atoms with Crippen LogP contribution in [0.2, 0.25) is 0 Å². The predicted octanol–water partition coefficient (Wildman–Crippen LogP) is 1.93. The molecule has 2 aliphatic carbocycles. The summed E-state index contributed by atoms with van der Waals surface area (Å²) in [5.41, 5.74) is 1.02. The van der Waals surface area contributed by atoms with Gasteiger partial charge < -0.3 is 14.4 Å². The Bertz CT molecular complexity index is 858. The van der Waals surface area contributed by atoms with Crippen molar-refractivity contribution < 1.29 is 19.8 Å². The zero-order valence-corrected chi connectivity index (χ0v) is 12.7. The minimum Gasteiger partial charge on any atom is -0.493 e. The van der Waals surface area contributed by atoms with E-state index < -0.39 is 23.7 Å². The summed E-state index contributed by atoms with van der Waals surface area (Å²) in [7, 11) is 3.46. The molecule has 4 heteroatoms. The van der Waals surface area contributed by atoms with E-state index in [9.17, 15) is 4.79 Å². The summed E-state index contributed by atoms with van der Waals surface area (Å²) in [6, 6.07) is 0.170. The molecule has 1 spiro atoms. The molecule has 1 unspecified atom stereocenters. The lowest BCUT2D eigenvalue weighted by molar-refractivity contribution is -0.138. The first-order valence-electron chi connectivity index (χ1n) is 9.85. The van der Waals surface area contributed by atoms with Gasteiger partial charge in [0.2, 0.25) is 0 Å². The van der Waals surface area contributed by atoms with E-state index >= 15 is 0 Å². The molecule has 1 saturated carbocycles. The molecular weight excluding hydrogens is 278 g/mol. The van der Waals surface area contributed by atoms with Crippen molar-refractivity contribution in [3.8, 4) is 11.5 Å². The molecule has 2 bridgehead atoms. The Kier molecular flexibility index (Phi) is 1.76. The van der Waals surface area contributed by atoms with Crippen LogP contribution in [0.3, 0.4) is 0 Å². The molecule has 116 valence electrons. The minimum atomic E-state index is -1.92. The molecule has 2 heterocycles. The lowest BCUT2D eigenvalue weighted by atomic mass is 9.52. The van der Waals surface area contributed by atoms with Gasteiger partial charge in [0.1, 0.15) is 0 Å². The molecule has 4 atom stereocenters. The van der Waals surface area contributed by atoms with Gasteiger partial charge in [-0.15, -0.1) is 0 Å². The number of carbonyl (C=O) groups is 1. The average molecular weight is 303 g/mol. The number of rotatable bonds is 1. The zero-order chi connectivity index (χ0) is 18.6. The Labute approximate surface area is 136 Å². The number of likely N-dealkylation sites (tertiary alicyclic amines) is 1.